The van der Waals surface area contributed by atoms with E-state index in [9.17, 15) is 9.59 Å². The summed E-state index contributed by atoms with van der Waals surface area (Å²) >= 11 is 0. The van der Waals surface area contributed by atoms with Crippen molar-refractivity contribution < 1.29 is 24.2 Å². The van der Waals surface area contributed by atoms with Gasteiger partial charge in [0.05, 0.1) is 12.2 Å². The molecule has 3 aliphatic rings. The second-order valence-electron chi connectivity index (χ2n) is 8.95. The standard InChI is InChI=1S/C25H29N3O5/c1-13-21(14-4-3-5-16(8-14)32-7-6-29)17-9-15(10-18(23(17)33-13)25(31)26-2)24(30)28-22-19-11-27-12-20(19)22/h3-5,8-10,13,19-22,27,29H,6-7,11-12H2,1-2H3,(H,26,31)(H,28,30)/t13?,19-,20+,21?,22+. The van der Waals surface area contributed by atoms with Crippen LogP contribution in [0.15, 0.2) is 36.4 Å². The lowest BCUT2D eigenvalue weighted by Crippen LogP contribution is -2.32. The Hall–Kier alpha value is -3.10. The normalized spacial score (nSPS) is 26.7. The zero-order chi connectivity index (χ0) is 23.1. The molecule has 2 aliphatic heterocycles. The molecule has 1 aliphatic carbocycles. The minimum absolute atomic E-state index is 0.0667. The van der Waals surface area contributed by atoms with E-state index in [1.54, 1.807) is 13.1 Å². The predicted molar refractivity (Wildman–Crippen MR) is 122 cm³/mol. The zero-order valence-corrected chi connectivity index (χ0v) is 18.8. The number of nitrogens with one attached hydrogen (secondary N) is 3. The Morgan fingerprint density at radius 3 is 2.70 bits per heavy atom. The molecule has 2 amide bonds. The lowest BCUT2D eigenvalue weighted by Gasteiger charge is -2.17. The van der Waals surface area contributed by atoms with Gasteiger partial charge in [-0.3, -0.25) is 9.59 Å². The van der Waals surface area contributed by atoms with E-state index >= 15 is 0 Å². The smallest absolute Gasteiger partial charge is 0.254 e. The number of aliphatic hydroxyl groups is 1. The molecule has 174 valence electrons. The van der Waals surface area contributed by atoms with Gasteiger partial charge >= 0.3 is 0 Å². The maximum absolute atomic E-state index is 13.1. The molecule has 2 unspecified atom stereocenters. The molecule has 0 aromatic heterocycles. The number of benzene rings is 2. The number of ether oxygens (including phenoxy) is 2. The van der Waals surface area contributed by atoms with Crippen molar-refractivity contribution in [2.24, 2.45) is 11.8 Å². The van der Waals surface area contributed by atoms with Crippen molar-refractivity contribution in [3.8, 4) is 11.5 Å². The van der Waals surface area contributed by atoms with Gasteiger partial charge in [-0.15, -0.1) is 0 Å². The summed E-state index contributed by atoms with van der Waals surface area (Å²) in [6.45, 7) is 3.97. The maximum atomic E-state index is 13.1. The van der Waals surface area contributed by atoms with E-state index in [2.05, 4.69) is 16.0 Å². The summed E-state index contributed by atoms with van der Waals surface area (Å²) in [4.78, 5) is 25.8. The van der Waals surface area contributed by atoms with Crippen LogP contribution in [0, 0.1) is 11.8 Å². The molecule has 0 spiro atoms. The van der Waals surface area contributed by atoms with Gasteiger partial charge in [0.25, 0.3) is 11.8 Å². The SMILES string of the molecule is CNC(=O)c1cc(C(=O)N[C@H]2[C@@H]3CNC[C@@H]32)cc2c1OC(C)C2c1cccc(OCCO)c1. The average Bonchev–Trinajstić information content (AvgIpc) is 3.15. The predicted octanol–water partition coefficient (Wildman–Crippen LogP) is 1.28. The molecular formula is C25H29N3O5. The topological polar surface area (TPSA) is 109 Å². The van der Waals surface area contributed by atoms with E-state index in [1.807, 2.05) is 37.3 Å². The highest BCUT2D eigenvalue weighted by atomic mass is 16.5. The van der Waals surface area contributed by atoms with E-state index < -0.39 is 0 Å². The monoisotopic (exact) mass is 451 g/mol. The van der Waals surface area contributed by atoms with Gasteiger partial charge < -0.3 is 30.5 Å². The highest BCUT2D eigenvalue weighted by Gasteiger charge is 2.53. The number of hydrogen-bond donors (Lipinski definition) is 4. The van der Waals surface area contributed by atoms with Crippen LogP contribution in [-0.4, -0.2) is 62.4 Å². The van der Waals surface area contributed by atoms with Crippen molar-refractivity contribution in [3.05, 3.63) is 58.7 Å². The van der Waals surface area contributed by atoms with Crippen LogP contribution in [0.3, 0.4) is 0 Å². The highest BCUT2D eigenvalue weighted by molar-refractivity contribution is 6.02. The number of carbonyl (C=O) groups excluding carboxylic acids is 2. The fourth-order valence-electron chi connectivity index (χ4n) is 5.23. The second-order valence-corrected chi connectivity index (χ2v) is 8.95. The van der Waals surface area contributed by atoms with E-state index in [0.29, 0.717) is 34.5 Å². The molecule has 2 heterocycles. The van der Waals surface area contributed by atoms with Crippen LogP contribution < -0.4 is 25.4 Å². The van der Waals surface area contributed by atoms with Crippen molar-refractivity contribution in [3.63, 3.8) is 0 Å². The molecule has 1 saturated carbocycles. The summed E-state index contributed by atoms with van der Waals surface area (Å²) < 4.78 is 11.7. The summed E-state index contributed by atoms with van der Waals surface area (Å²) in [6, 6.07) is 11.3. The molecule has 4 N–H and O–H groups in total. The Labute approximate surface area is 192 Å². The van der Waals surface area contributed by atoms with Crippen LogP contribution in [-0.2, 0) is 0 Å². The quantitative estimate of drug-likeness (QED) is 0.505. The number of hydrogen-bond acceptors (Lipinski definition) is 6. The van der Waals surface area contributed by atoms with Crippen LogP contribution in [0.5, 0.6) is 11.5 Å². The number of carbonyl (C=O) groups is 2. The second kappa shape index (κ2) is 8.68. The average molecular weight is 452 g/mol. The lowest BCUT2D eigenvalue weighted by atomic mass is 9.86. The fourth-order valence-corrected chi connectivity index (χ4v) is 5.23. The molecule has 33 heavy (non-hydrogen) atoms. The van der Waals surface area contributed by atoms with Gasteiger partial charge in [0.1, 0.15) is 24.2 Å². The summed E-state index contributed by atoms with van der Waals surface area (Å²) in [6.07, 6.45) is -0.233. The van der Waals surface area contributed by atoms with E-state index in [4.69, 9.17) is 14.6 Å². The number of amides is 2. The van der Waals surface area contributed by atoms with Crippen LogP contribution in [0.4, 0.5) is 0 Å². The fraction of sp³-hybridized carbons (Fsp3) is 0.440. The van der Waals surface area contributed by atoms with E-state index in [-0.39, 0.29) is 43.1 Å². The maximum Gasteiger partial charge on any atom is 0.254 e. The first-order valence-electron chi connectivity index (χ1n) is 11.4. The molecule has 0 radical (unpaired) electrons. The van der Waals surface area contributed by atoms with Crippen molar-refractivity contribution >= 4 is 11.8 Å². The highest BCUT2D eigenvalue weighted by Crippen LogP contribution is 2.46. The molecular weight excluding hydrogens is 422 g/mol. The largest absolute Gasteiger partial charge is 0.491 e. The van der Waals surface area contributed by atoms with Crippen LogP contribution in [0.2, 0.25) is 0 Å². The summed E-state index contributed by atoms with van der Waals surface area (Å²) in [5.41, 5.74) is 2.59. The Kier molecular flexibility index (Phi) is 5.72. The minimum Gasteiger partial charge on any atom is -0.491 e. The lowest BCUT2D eigenvalue weighted by molar-refractivity contribution is 0.0946. The Bertz CT molecular complexity index is 1080. The Balaban J connectivity index is 1.50. The number of piperidine rings is 1. The molecule has 1 saturated heterocycles. The summed E-state index contributed by atoms with van der Waals surface area (Å²) in [5, 5.41) is 18.2. The molecule has 2 aromatic rings. The third-order valence-electron chi connectivity index (χ3n) is 6.93. The Morgan fingerprint density at radius 1 is 1.18 bits per heavy atom. The molecule has 2 aromatic carbocycles. The first-order chi connectivity index (χ1) is 16.0. The van der Waals surface area contributed by atoms with Gasteiger partial charge in [0.15, 0.2) is 0 Å². The first kappa shape index (κ1) is 21.7. The molecule has 0 bridgehead atoms. The first-order valence-corrected chi connectivity index (χ1v) is 11.4. The van der Waals surface area contributed by atoms with Crippen molar-refractivity contribution in [1.82, 2.24) is 16.0 Å². The van der Waals surface area contributed by atoms with Gasteiger partial charge in [0, 0.05) is 43.2 Å². The Morgan fingerprint density at radius 2 is 1.97 bits per heavy atom. The van der Waals surface area contributed by atoms with Gasteiger partial charge in [0.2, 0.25) is 0 Å². The van der Waals surface area contributed by atoms with Gasteiger partial charge in [-0.25, -0.2) is 0 Å². The molecule has 5 rings (SSSR count). The molecule has 8 heteroatoms. The van der Waals surface area contributed by atoms with E-state index in [0.717, 1.165) is 24.2 Å². The number of rotatable bonds is 7. The third-order valence-corrected chi connectivity index (χ3v) is 6.93. The molecule has 2 fully saturated rings. The summed E-state index contributed by atoms with van der Waals surface area (Å²) in [5.74, 6) is 1.54. The van der Waals surface area contributed by atoms with Gasteiger partial charge in [-0.05, 0) is 48.6 Å². The molecule has 5 atom stereocenters. The van der Waals surface area contributed by atoms with Crippen LogP contribution in [0.1, 0.15) is 44.7 Å². The number of fused-ring (bicyclic) bond motifs is 2. The van der Waals surface area contributed by atoms with Crippen molar-refractivity contribution in [1.29, 1.82) is 0 Å². The van der Waals surface area contributed by atoms with Gasteiger partial charge in [-0.2, -0.15) is 0 Å². The van der Waals surface area contributed by atoms with Crippen LogP contribution >= 0.6 is 0 Å². The number of aliphatic hydroxyl groups excluding tert-OH is 1. The van der Waals surface area contributed by atoms with Crippen LogP contribution in [0.25, 0.3) is 0 Å². The van der Waals surface area contributed by atoms with Gasteiger partial charge in [-0.1, -0.05) is 12.1 Å². The molecule has 8 nitrogen and oxygen atoms in total. The van der Waals surface area contributed by atoms with E-state index in [1.165, 1.54) is 0 Å². The zero-order valence-electron chi connectivity index (χ0n) is 18.8. The van der Waals surface area contributed by atoms with Crippen molar-refractivity contribution in [2.45, 2.75) is 25.0 Å². The summed E-state index contributed by atoms with van der Waals surface area (Å²) in [7, 11) is 1.57. The minimum atomic E-state index is -0.290. The third kappa shape index (κ3) is 3.94. The van der Waals surface area contributed by atoms with Crippen molar-refractivity contribution in [2.75, 3.05) is 33.4 Å².